The first kappa shape index (κ1) is 23.5. The molecule has 2 aliphatic heterocycles. The minimum atomic E-state index is -3.60. The number of nitrogens with one attached hydrogen (secondary N) is 1. The molecule has 0 unspecified atom stereocenters. The fourth-order valence-corrected chi connectivity index (χ4v) is 5.76. The van der Waals surface area contributed by atoms with Crippen LogP contribution in [0.25, 0.3) is 0 Å². The Morgan fingerprint density at radius 1 is 1.13 bits per heavy atom. The summed E-state index contributed by atoms with van der Waals surface area (Å²) in [5.41, 5.74) is 0.335. The number of hydrogen-bond donors (Lipinski definition) is 1. The van der Waals surface area contributed by atoms with Crippen LogP contribution in [0.3, 0.4) is 0 Å². The highest BCUT2D eigenvalue weighted by Crippen LogP contribution is 2.28. The van der Waals surface area contributed by atoms with Crippen molar-refractivity contribution in [2.24, 2.45) is 0 Å². The van der Waals surface area contributed by atoms with E-state index in [1.807, 2.05) is 6.92 Å². The molecule has 0 spiro atoms. The second kappa shape index (κ2) is 10.9. The monoisotopic (exact) mass is 457 g/mol. The third-order valence-electron chi connectivity index (χ3n) is 5.72. The number of ether oxygens (including phenoxy) is 1. The van der Waals surface area contributed by atoms with Gasteiger partial charge in [-0.05, 0) is 50.8 Å². The van der Waals surface area contributed by atoms with E-state index in [0.29, 0.717) is 30.4 Å². The van der Waals surface area contributed by atoms with E-state index >= 15 is 0 Å². The maximum atomic E-state index is 13.0. The van der Waals surface area contributed by atoms with Gasteiger partial charge in [0.2, 0.25) is 15.9 Å². The molecule has 0 bridgehead atoms. The maximum absolute atomic E-state index is 13.0. The molecule has 0 saturated carbocycles. The molecule has 1 N–H and O–H groups in total. The van der Waals surface area contributed by atoms with Crippen molar-refractivity contribution in [3.8, 4) is 0 Å². The molecule has 2 aliphatic rings. The lowest BCUT2D eigenvalue weighted by Gasteiger charge is -2.31. The number of piperidine rings is 1. The maximum Gasteiger partial charge on any atom is 0.243 e. The van der Waals surface area contributed by atoms with Crippen LogP contribution >= 0.6 is 11.6 Å². The van der Waals surface area contributed by atoms with Crippen molar-refractivity contribution in [2.75, 3.05) is 44.6 Å². The SMILES string of the molecule is CCOC1CCN(CC(=O)Nc2cc(S(=O)(=O)N3CCCCCC3)ccc2Cl)CC1. The molecule has 0 atom stereocenters. The van der Waals surface area contributed by atoms with Crippen molar-refractivity contribution < 1.29 is 17.9 Å². The normalized spacial score (nSPS) is 20.1. The minimum Gasteiger partial charge on any atom is -0.378 e. The molecule has 1 aromatic rings. The Balaban J connectivity index is 1.63. The van der Waals surface area contributed by atoms with Crippen LogP contribution in [0, 0.1) is 0 Å². The molecular formula is C21H32ClN3O4S. The summed E-state index contributed by atoms with van der Waals surface area (Å²) in [5, 5.41) is 3.12. The Kier molecular flexibility index (Phi) is 8.53. The number of halogens is 1. The molecule has 30 heavy (non-hydrogen) atoms. The van der Waals surface area contributed by atoms with Crippen molar-refractivity contribution in [3.63, 3.8) is 0 Å². The first-order chi connectivity index (χ1) is 14.4. The molecule has 7 nitrogen and oxygen atoms in total. The van der Waals surface area contributed by atoms with Gasteiger partial charge in [-0.2, -0.15) is 4.31 Å². The van der Waals surface area contributed by atoms with Gasteiger partial charge in [-0.25, -0.2) is 8.42 Å². The molecular weight excluding hydrogens is 426 g/mol. The number of nitrogens with zero attached hydrogens (tertiary/aromatic N) is 2. The first-order valence-corrected chi connectivity index (χ1v) is 12.7. The number of likely N-dealkylation sites (tertiary alicyclic amines) is 1. The van der Waals surface area contributed by atoms with E-state index in [-0.39, 0.29) is 23.5 Å². The molecule has 0 aromatic heterocycles. The Hall–Kier alpha value is -1.19. The number of carbonyl (C=O) groups excluding carboxylic acids is 1. The second-order valence-corrected chi connectivity index (χ2v) is 10.3. The van der Waals surface area contributed by atoms with Gasteiger partial charge in [-0.15, -0.1) is 0 Å². The van der Waals surface area contributed by atoms with Gasteiger partial charge in [0, 0.05) is 32.8 Å². The molecule has 1 aromatic carbocycles. The molecule has 168 valence electrons. The van der Waals surface area contributed by atoms with E-state index in [1.165, 1.54) is 22.5 Å². The van der Waals surface area contributed by atoms with E-state index in [0.717, 1.165) is 51.6 Å². The smallest absolute Gasteiger partial charge is 0.243 e. The number of sulfonamides is 1. The zero-order chi connectivity index (χ0) is 21.6. The van der Waals surface area contributed by atoms with Gasteiger partial charge in [0.1, 0.15) is 0 Å². The molecule has 3 rings (SSSR count). The third kappa shape index (κ3) is 6.17. The van der Waals surface area contributed by atoms with Crippen LogP contribution < -0.4 is 5.32 Å². The zero-order valence-electron chi connectivity index (χ0n) is 17.6. The lowest BCUT2D eigenvalue weighted by atomic mass is 10.1. The summed E-state index contributed by atoms with van der Waals surface area (Å²) < 4.78 is 33.3. The van der Waals surface area contributed by atoms with Crippen molar-refractivity contribution in [2.45, 2.75) is 56.4 Å². The second-order valence-electron chi connectivity index (χ2n) is 7.94. The van der Waals surface area contributed by atoms with Gasteiger partial charge >= 0.3 is 0 Å². The topological polar surface area (TPSA) is 79.0 Å². The van der Waals surface area contributed by atoms with E-state index in [9.17, 15) is 13.2 Å². The number of anilines is 1. The summed E-state index contributed by atoms with van der Waals surface area (Å²) in [6.45, 7) is 5.61. The van der Waals surface area contributed by atoms with Gasteiger partial charge in [0.15, 0.2) is 0 Å². The molecule has 9 heteroatoms. The lowest BCUT2D eigenvalue weighted by molar-refractivity contribution is -0.118. The molecule has 1 amide bonds. The first-order valence-electron chi connectivity index (χ1n) is 10.8. The predicted molar refractivity (Wildman–Crippen MR) is 118 cm³/mol. The average Bonchev–Trinajstić information content (AvgIpc) is 3.01. The van der Waals surface area contributed by atoms with Gasteiger partial charge in [-0.3, -0.25) is 9.69 Å². The minimum absolute atomic E-state index is 0.168. The Morgan fingerprint density at radius 2 is 1.80 bits per heavy atom. The van der Waals surface area contributed by atoms with Crippen LogP contribution in [-0.2, 0) is 19.6 Å². The molecule has 2 heterocycles. The summed E-state index contributed by atoms with van der Waals surface area (Å²) in [6, 6.07) is 4.52. The molecule has 0 radical (unpaired) electrons. The summed E-state index contributed by atoms with van der Waals surface area (Å²) in [4.78, 5) is 14.8. The van der Waals surface area contributed by atoms with Gasteiger partial charge < -0.3 is 10.1 Å². The highest BCUT2D eigenvalue weighted by Gasteiger charge is 2.26. The van der Waals surface area contributed by atoms with Gasteiger partial charge in [0.05, 0.1) is 28.3 Å². The Bertz CT molecular complexity index is 818. The summed E-state index contributed by atoms with van der Waals surface area (Å²) in [6.07, 6.45) is 5.93. The molecule has 2 saturated heterocycles. The fourth-order valence-electron chi connectivity index (χ4n) is 4.05. The quantitative estimate of drug-likeness (QED) is 0.679. The molecule has 0 aliphatic carbocycles. The van der Waals surface area contributed by atoms with E-state index in [4.69, 9.17) is 16.3 Å². The van der Waals surface area contributed by atoms with E-state index in [2.05, 4.69) is 10.2 Å². The zero-order valence-corrected chi connectivity index (χ0v) is 19.2. The number of rotatable bonds is 7. The largest absolute Gasteiger partial charge is 0.378 e. The Labute approximate surface area is 184 Å². The number of amides is 1. The standard InChI is InChI=1S/C21H32ClN3O4S/c1-2-29-17-9-13-24(14-10-17)16-21(26)23-20-15-18(7-8-19(20)22)30(27,28)25-11-5-3-4-6-12-25/h7-8,15,17H,2-6,9-14,16H2,1H3,(H,23,26). The summed E-state index contributed by atoms with van der Waals surface area (Å²) in [7, 11) is -3.60. The van der Waals surface area contributed by atoms with E-state index < -0.39 is 10.0 Å². The van der Waals surface area contributed by atoms with Gasteiger partial charge in [0.25, 0.3) is 0 Å². The van der Waals surface area contributed by atoms with Crippen LogP contribution in [0.4, 0.5) is 5.69 Å². The van der Waals surface area contributed by atoms with Crippen molar-refractivity contribution >= 4 is 33.2 Å². The highest BCUT2D eigenvalue weighted by molar-refractivity contribution is 7.89. The van der Waals surface area contributed by atoms with Crippen molar-refractivity contribution in [3.05, 3.63) is 23.2 Å². The van der Waals surface area contributed by atoms with Crippen LogP contribution in [-0.4, -0.2) is 69.0 Å². The highest BCUT2D eigenvalue weighted by atomic mass is 35.5. The lowest BCUT2D eigenvalue weighted by Crippen LogP contribution is -2.41. The van der Waals surface area contributed by atoms with E-state index in [1.54, 1.807) is 0 Å². The summed E-state index contributed by atoms with van der Waals surface area (Å²) in [5.74, 6) is -0.198. The molecule has 2 fully saturated rings. The average molecular weight is 458 g/mol. The third-order valence-corrected chi connectivity index (χ3v) is 7.94. The van der Waals surface area contributed by atoms with Gasteiger partial charge in [-0.1, -0.05) is 24.4 Å². The number of benzene rings is 1. The fraction of sp³-hybridized carbons (Fsp3) is 0.667. The van der Waals surface area contributed by atoms with Crippen LogP contribution in [0.2, 0.25) is 5.02 Å². The van der Waals surface area contributed by atoms with Crippen molar-refractivity contribution in [1.29, 1.82) is 0 Å². The summed E-state index contributed by atoms with van der Waals surface area (Å²) >= 11 is 6.25. The van der Waals surface area contributed by atoms with Crippen molar-refractivity contribution in [1.82, 2.24) is 9.21 Å². The van der Waals surface area contributed by atoms with Crippen LogP contribution in [0.1, 0.15) is 45.4 Å². The number of carbonyl (C=O) groups is 1. The van der Waals surface area contributed by atoms with Crippen LogP contribution in [0.15, 0.2) is 23.1 Å². The number of hydrogen-bond acceptors (Lipinski definition) is 5. The Morgan fingerprint density at radius 3 is 2.43 bits per heavy atom. The van der Waals surface area contributed by atoms with Crippen LogP contribution in [0.5, 0.6) is 0 Å². The predicted octanol–water partition coefficient (Wildman–Crippen LogP) is 3.34.